The van der Waals surface area contributed by atoms with E-state index < -0.39 is 0 Å². The van der Waals surface area contributed by atoms with Crippen molar-refractivity contribution >= 4 is 28.6 Å². The van der Waals surface area contributed by atoms with Gasteiger partial charge in [-0.2, -0.15) is 5.10 Å². The average molecular weight is 578 g/mol. The van der Waals surface area contributed by atoms with Gasteiger partial charge in [0.15, 0.2) is 11.5 Å². The average Bonchev–Trinajstić information content (AvgIpc) is 3.66. The lowest BCUT2D eigenvalue weighted by Crippen LogP contribution is -2.22. The van der Waals surface area contributed by atoms with E-state index in [0.717, 1.165) is 47.6 Å². The highest BCUT2D eigenvalue weighted by atomic mass is 16.5. The number of hydrogen-bond acceptors (Lipinski definition) is 8. The first-order chi connectivity index (χ1) is 21.0. The topological polar surface area (TPSA) is 115 Å². The van der Waals surface area contributed by atoms with Crippen molar-refractivity contribution in [3.63, 3.8) is 0 Å². The summed E-state index contributed by atoms with van der Waals surface area (Å²) >= 11 is 0. The maximum Gasteiger partial charge on any atom is 0.256 e. The number of amides is 1. The van der Waals surface area contributed by atoms with Crippen LogP contribution in [0.1, 0.15) is 47.7 Å². The van der Waals surface area contributed by atoms with E-state index in [-0.39, 0.29) is 11.9 Å². The van der Waals surface area contributed by atoms with Crippen molar-refractivity contribution < 1.29 is 14.3 Å². The third kappa shape index (κ3) is 6.44. The molecule has 6 rings (SSSR count). The van der Waals surface area contributed by atoms with Crippen molar-refractivity contribution in [1.82, 2.24) is 25.1 Å². The quantitative estimate of drug-likeness (QED) is 0.190. The standard InChI is InChI=1S/C33H35N7O3/c1-21(2)24-12-16-35-29(18-24)38-33(41)23-6-10-27(11-7-23)43-28-14-17-36-32-30(28)31(37-25-13-15-34-19-25)39-40(32)20-22-4-8-26(42-3)9-5-22/h4-12,14,16-18,21,25,34H,13,15,19-20H2,1-3H3,(H,37,39)(H,35,38,41). The van der Waals surface area contributed by atoms with Crippen LogP contribution >= 0.6 is 0 Å². The maximum absolute atomic E-state index is 12.9. The van der Waals surface area contributed by atoms with E-state index in [4.69, 9.17) is 14.6 Å². The minimum absolute atomic E-state index is 0.234. The minimum Gasteiger partial charge on any atom is -0.497 e. The molecule has 0 aliphatic carbocycles. The number of ether oxygens (including phenoxy) is 2. The fourth-order valence-corrected chi connectivity index (χ4v) is 5.11. The van der Waals surface area contributed by atoms with Crippen LogP contribution in [0, 0.1) is 0 Å². The number of fused-ring (bicyclic) bond motifs is 1. The van der Waals surface area contributed by atoms with Gasteiger partial charge >= 0.3 is 0 Å². The van der Waals surface area contributed by atoms with E-state index in [1.165, 1.54) is 0 Å². The number of carbonyl (C=O) groups is 1. The summed E-state index contributed by atoms with van der Waals surface area (Å²) in [5.74, 6) is 3.40. The molecule has 1 amide bonds. The van der Waals surface area contributed by atoms with E-state index in [1.54, 1.807) is 43.8 Å². The van der Waals surface area contributed by atoms with E-state index in [9.17, 15) is 4.79 Å². The Morgan fingerprint density at radius 1 is 1.02 bits per heavy atom. The summed E-state index contributed by atoms with van der Waals surface area (Å²) in [5.41, 5.74) is 3.41. The van der Waals surface area contributed by atoms with Gasteiger partial charge in [0, 0.05) is 36.6 Å². The van der Waals surface area contributed by atoms with Gasteiger partial charge in [-0.25, -0.2) is 14.6 Å². The summed E-state index contributed by atoms with van der Waals surface area (Å²) in [6, 6.07) is 20.9. The van der Waals surface area contributed by atoms with Crippen molar-refractivity contribution in [2.75, 3.05) is 30.8 Å². The fourth-order valence-electron chi connectivity index (χ4n) is 5.11. The van der Waals surface area contributed by atoms with E-state index in [2.05, 4.69) is 39.8 Å². The highest BCUT2D eigenvalue weighted by Gasteiger charge is 2.22. The van der Waals surface area contributed by atoms with E-state index >= 15 is 0 Å². The summed E-state index contributed by atoms with van der Waals surface area (Å²) in [4.78, 5) is 21.9. The molecule has 10 nitrogen and oxygen atoms in total. The number of benzene rings is 2. The fraction of sp³-hybridized carbons (Fsp3) is 0.273. The predicted octanol–water partition coefficient (Wildman–Crippen LogP) is 5.83. The van der Waals surface area contributed by atoms with E-state index in [1.807, 2.05) is 47.1 Å². The van der Waals surface area contributed by atoms with Gasteiger partial charge in [-0.1, -0.05) is 26.0 Å². The Balaban J connectivity index is 1.25. The Kier molecular flexibility index (Phi) is 8.19. The number of pyridine rings is 2. The molecule has 3 N–H and O–H groups in total. The summed E-state index contributed by atoms with van der Waals surface area (Å²) in [7, 11) is 1.66. The van der Waals surface area contributed by atoms with Crippen molar-refractivity contribution in [2.45, 2.75) is 38.8 Å². The zero-order chi connectivity index (χ0) is 29.8. The number of hydrogen-bond donors (Lipinski definition) is 3. The Bertz CT molecular complexity index is 1710. The molecule has 10 heteroatoms. The molecule has 1 unspecified atom stereocenters. The summed E-state index contributed by atoms with van der Waals surface area (Å²) in [5, 5.41) is 15.6. The van der Waals surface area contributed by atoms with Crippen molar-refractivity contribution in [2.24, 2.45) is 0 Å². The number of aromatic nitrogens is 4. The number of carbonyl (C=O) groups excluding carboxylic acids is 1. The van der Waals surface area contributed by atoms with Crippen LogP contribution in [0.25, 0.3) is 11.0 Å². The number of nitrogens with zero attached hydrogens (tertiary/aromatic N) is 4. The smallest absolute Gasteiger partial charge is 0.256 e. The van der Waals surface area contributed by atoms with Gasteiger partial charge in [-0.3, -0.25) is 4.79 Å². The van der Waals surface area contributed by atoms with Crippen molar-refractivity contribution in [1.29, 1.82) is 0 Å². The molecule has 1 aliphatic rings. The molecule has 1 saturated heterocycles. The molecule has 3 aromatic heterocycles. The highest BCUT2D eigenvalue weighted by Crippen LogP contribution is 2.35. The van der Waals surface area contributed by atoms with Gasteiger partial charge in [0.25, 0.3) is 5.91 Å². The molecule has 1 atom stereocenters. The molecule has 1 fully saturated rings. The van der Waals surface area contributed by atoms with Crippen LogP contribution in [-0.4, -0.2) is 51.9 Å². The second-order valence-corrected chi connectivity index (χ2v) is 10.9. The van der Waals surface area contributed by atoms with Gasteiger partial charge in [-0.15, -0.1) is 0 Å². The maximum atomic E-state index is 12.9. The third-order valence-electron chi connectivity index (χ3n) is 7.52. The molecule has 1 aliphatic heterocycles. The van der Waals surface area contributed by atoms with Gasteiger partial charge in [0.05, 0.1) is 13.7 Å². The lowest BCUT2D eigenvalue weighted by Gasteiger charge is -2.12. The second kappa shape index (κ2) is 12.5. The SMILES string of the molecule is COc1ccc(Cn2nc(NC3CCNC3)c3c(Oc4ccc(C(=O)Nc5cc(C(C)C)ccn5)cc4)ccnc32)cc1. The van der Waals surface area contributed by atoms with Crippen LogP contribution in [0.4, 0.5) is 11.6 Å². The van der Waals surface area contributed by atoms with Gasteiger partial charge < -0.3 is 25.4 Å². The number of methoxy groups -OCH3 is 1. The number of rotatable bonds is 10. The predicted molar refractivity (Wildman–Crippen MR) is 167 cm³/mol. The lowest BCUT2D eigenvalue weighted by molar-refractivity contribution is 0.102. The molecule has 0 radical (unpaired) electrons. The Hall–Kier alpha value is -4.96. The zero-order valence-corrected chi connectivity index (χ0v) is 24.5. The van der Waals surface area contributed by atoms with E-state index in [0.29, 0.717) is 41.0 Å². The van der Waals surface area contributed by atoms with Gasteiger partial charge in [0.1, 0.15) is 28.5 Å². The molecular weight excluding hydrogens is 542 g/mol. The molecule has 0 bridgehead atoms. The Morgan fingerprint density at radius 3 is 2.51 bits per heavy atom. The summed E-state index contributed by atoms with van der Waals surface area (Å²) in [6.45, 7) is 6.58. The van der Waals surface area contributed by atoms with Gasteiger partial charge in [-0.05, 0) is 78.5 Å². The Labute approximate surface area is 250 Å². The van der Waals surface area contributed by atoms with Crippen LogP contribution in [0.15, 0.2) is 79.1 Å². The number of nitrogens with one attached hydrogen (secondary N) is 3. The molecule has 43 heavy (non-hydrogen) atoms. The van der Waals surface area contributed by atoms with Crippen LogP contribution < -0.4 is 25.4 Å². The Morgan fingerprint density at radius 2 is 1.79 bits per heavy atom. The third-order valence-corrected chi connectivity index (χ3v) is 7.52. The molecule has 2 aromatic carbocycles. The zero-order valence-electron chi connectivity index (χ0n) is 24.5. The van der Waals surface area contributed by atoms with Crippen LogP contribution in [0.5, 0.6) is 17.2 Å². The monoisotopic (exact) mass is 577 g/mol. The minimum atomic E-state index is -0.234. The normalized spacial score (nSPS) is 14.7. The largest absolute Gasteiger partial charge is 0.497 e. The molecule has 5 aromatic rings. The molecule has 4 heterocycles. The molecule has 0 saturated carbocycles. The number of anilines is 2. The summed E-state index contributed by atoms with van der Waals surface area (Å²) in [6.07, 6.45) is 4.44. The van der Waals surface area contributed by atoms with Crippen LogP contribution in [0.3, 0.4) is 0 Å². The lowest BCUT2D eigenvalue weighted by atomic mass is 10.1. The first-order valence-electron chi connectivity index (χ1n) is 14.5. The highest BCUT2D eigenvalue weighted by molar-refractivity contribution is 6.03. The van der Waals surface area contributed by atoms with Crippen molar-refractivity contribution in [3.05, 3.63) is 95.8 Å². The molecular formula is C33H35N7O3. The van der Waals surface area contributed by atoms with Gasteiger partial charge in [0.2, 0.25) is 0 Å². The molecule has 0 spiro atoms. The second-order valence-electron chi connectivity index (χ2n) is 10.9. The van der Waals surface area contributed by atoms with Crippen LogP contribution in [0.2, 0.25) is 0 Å². The molecule has 220 valence electrons. The first-order valence-corrected chi connectivity index (χ1v) is 14.5. The van der Waals surface area contributed by atoms with Crippen LogP contribution in [-0.2, 0) is 6.54 Å². The van der Waals surface area contributed by atoms with Crippen molar-refractivity contribution in [3.8, 4) is 17.2 Å². The first kappa shape index (κ1) is 28.2. The summed E-state index contributed by atoms with van der Waals surface area (Å²) < 4.78 is 13.6.